The fraction of sp³-hybridized carbons (Fsp3) is 0.474. The summed E-state index contributed by atoms with van der Waals surface area (Å²) in [5, 5.41) is 3.41. The van der Waals surface area contributed by atoms with Crippen molar-refractivity contribution >= 4 is 17.3 Å². The molecule has 3 rings (SSSR count). The van der Waals surface area contributed by atoms with Crippen LogP contribution < -0.4 is 10.2 Å². The second-order valence-electron chi connectivity index (χ2n) is 6.24. The Labute approximate surface area is 139 Å². The van der Waals surface area contributed by atoms with Crippen LogP contribution in [0.5, 0.6) is 0 Å². The van der Waals surface area contributed by atoms with Gasteiger partial charge in [-0.15, -0.1) is 0 Å². The van der Waals surface area contributed by atoms with Crippen molar-refractivity contribution in [2.45, 2.75) is 46.0 Å². The molecule has 0 spiro atoms. The van der Waals surface area contributed by atoms with Crippen molar-refractivity contribution in [1.82, 2.24) is 9.97 Å². The quantitative estimate of drug-likeness (QED) is 0.904. The highest BCUT2D eigenvalue weighted by Crippen LogP contribution is 2.22. The summed E-state index contributed by atoms with van der Waals surface area (Å²) < 4.78 is 0. The maximum Gasteiger partial charge on any atom is 0.136 e. The predicted octanol–water partition coefficient (Wildman–Crippen LogP) is 4.47. The Hall–Kier alpha value is -2.10. The van der Waals surface area contributed by atoms with Crippen molar-refractivity contribution in [3.8, 4) is 0 Å². The molecular formula is C19H26N4. The summed E-state index contributed by atoms with van der Waals surface area (Å²) in [7, 11) is 0. The molecule has 1 aliphatic rings. The lowest BCUT2D eigenvalue weighted by Gasteiger charge is -2.22. The van der Waals surface area contributed by atoms with Crippen LogP contribution >= 0.6 is 0 Å². The van der Waals surface area contributed by atoms with E-state index in [0.29, 0.717) is 0 Å². The highest BCUT2D eigenvalue weighted by Gasteiger charge is 2.13. The van der Waals surface area contributed by atoms with E-state index in [1.54, 1.807) is 0 Å². The second-order valence-corrected chi connectivity index (χ2v) is 6.24. The molecule has 1 aliphatic heterocycles. The largest absolute Gasteiger partial charge is 0.356 e. The van der Waals surface area contributed by atoms with Crippen LogP contribution in [0.4, 0.5) is 17.3 Å². The Morgan fingerprint density at radius 2 is 1.70 bits per heavy atom. The fourth-order valence-corrected chi connectivity index (χ4v) is 3.05. The summed E-state index contributed by atoms with van der Waals surface area (Å²) in [4.78, 5) is 11.6. The predicted molar refractivity (Wildman–Crippen MR) is 96.6 cm³/mol. The van der Waals surface area contributed by atoms with Crippen molar-refractivity contribution in [2.24, 2.45) is 0 Å². The number of nitrogens with one attached hydrogen (secondary N) is 1. The monoisotopic (exact) mass is 310 g/mol. The SMILES string of the molecule is CCc1ccc(Nc2cc(N3CCCCCC3)nc(C)n2)cc1. The van der Waals surface area contributed by atoms with E-state index in [4.69, 9.17) is 0 Å². The molecule has 23 heavy (non-hydrogen) atoms. The summed E-state index contributed by atoms with van der Waals surface area (Å²) in [6.07, 6.45) is 6.23. The van der Waals surface area contributed by atoms with E-state index in [2.05, 4.69) is 57.4 Å². The van der Waals surface area contributed by atoms with Gasteiger partial charge in [-0.2, -0.15) is 0 Å². The first-order valence-corrected chi connectivity index (χ1v) is 8.71. The summed E-state index contributed by atoms with van der Waals surface area (Å²) in [5.74, 6) is 2.74. The first kappa shape index (κ1) is 15.8. The molecule has 1 fully saturated rings. The Bertz CT molecular complexity index is 628. The zero-order chi connectivity index (χ0) is 16.1. The molecule has 2 heterocycles. The zero-order valence-electron chi connectivity index (χ0n) is 14.2. The van der Waals surface area contributed by atoms with E-state index >= 15 is 0 Å². The zero-order valence-corrected chi connectivity index (χ0v) is 14.2. The van der Waals surface area contributed by atoms with Gasteiger partial charge < -0.3 is 10.2 Å². The van der Waals surface area contributed by atoms with Crippen molar-refractivity contribution in [3.63, 3.8) is 0 Å². The van der Waals surface area contributed by atoms with E-state index in [9.17, 15) is 0 Å². The summed E-state index contributed by atoms with van der Waals surface area (Å²) >= 11 is 0. The molecular weight excluding hydrogens is 284 g/mol. The molecule has 122 valence electrons. The van der Waals surface area contributed by atoms with Crippen LogP contribution in [0.1, 0.15) is 44.0 Å². The molecule has 0 unspecified atom stereocenters. The van der Waals surface area contributed by atoms with Crippen molar-refractivity contribution < 1.29 is 0 Å². The van der Waals surface area contributed by atoms with Gasteiger partial charge in [0, 0.05) is 24.8 Å². The Morgan fingerprint density at radius 3 is 2.35 bits per heavy atom. The smallest absolute Gasteiger partial charge is 0.136 e. The van der Waals surface area contributed by atoms with E-state index in [0.717, 1.165) is 42.7 Å². The highest BCUT2D eigenvalue weighted by atomic mass is 15.2. The lowest BCUT2D eigenvalue weighted by atomic mass is 10.1. The van der Waals surface area contributed by atoms with Gasteiger partial charge in [0.25, 0.3) is 0 Å². The third kappa shape index (κ3) is 4.21. The molecule has 0 radical (unpaired) electrons. The van der Waals surface area contributed by atoms with Gasteiger partial charge in [-0.1, -0.05) is 31.9 Å². The number of anilines is 3. The number of aromatic nitrogens is 2. The normalized spacial score (nSPS) is 15.3. The summed E-state index contributed by atoms with van der Waals surface area (Å²) in [6, 6.07) is 10.6. The van der Waals surface area contributed by atoms with E-state index in [-0.39, 0.29) is 0 Å². The van der Waals surface area contributed by atoms with Crippen molar-refractivity contribution in [1.29, 1.82) is 0 Å². The topological polar surface area (TPSA) is 41.0 Å². The molecule has 0 amide bonds. The molecule has 1 N–H and O–H groups in total. The molecule has 2 aromatic rings. The standard InChI is InChI=1S/C19H26N4/c1-3-16-8-10-17(11-9-16)22-18-14-19(21-15(2)20-18)23-12-6-4-5-7-13-23/h8-11,14H,3-7,12-13H2,1-2H3,(H,20,21,22). The van der Waals surface area contributed by atoms with Gasteiger partial charge in [-0.25, -0.2) is 9.97 Å². The second kappa shape index (κ2) is 7.44. The Balaban J connectivity index is 1.78. The average Bonchev–Trinajstić information content (AvgIpc) is 2.84. The molecule has 4 nitrogen and oxygen atoms in total. The maximum atomic E-state index is 4.64. The Kier molecular flexibility index (Phi) is 5.11. The van der Waals surface area contributed by atoms with Crippen LogP contribution in [-0.2, 0) is 6.42 Å². The van der Waals surface area contributed by atoms with Gasteiger partial charge >= 0.3 is 0 Å². The molecule has 0 saturated carbocycles. The van der Waals surface area contributed by atoms with Crippen LogP contribution in [0.25, 0.3) is 0 Å². The summed E-state index contributed by atoms with van der Waals surface area (Å²) in [6.45, 7) is 6.33. The molecule has 0 bridgehead atoms. The molecule has 1 aromatic heterocycles. The maximum absolute atomic E-state index is 4.64. The number of hydrogen-bond donors (Lipinski definition) is 1. The number of hydrogen-bond acceptors (Lipinski definition) is 4. The highest BCUT2D eigenvalue weighted by molar-refractivity contribution is 5.60. The van der Waals surface area contributed by atoms with Crippen LogP contribution in [0, 0.1) is 6.92 Å². The average molecular weight is 310 g/mol. The lowest BCUT2D eigenvalue weighted by Crippen LogP contribution is -2.25. The summed E-state index contributed by atoms with van der Waals surface area (Å²) in [5.41, 5.74) is 2.42. The van der Waals surface area contributed by atoms with E-state index in [1.165, 1.54) is 31.2 Å². The molecule has 1 saturated heterocycles. The van der Waals surface area contributed by atoms with Crippen LogP contribution in [0.15, 0.2) is 30.3 Å². The molecule has 0 atom stereocenters. The first-order valence-electron chi connectivity index (χ1n) is 8.71. The van der Waals surface area contributed by atoms with Gasteiger partial charge in [-0.05, 0) is 43.9 Å². The number of benzene rings is 1. The lowest BCUT2D eigenvalue weighted by molar-refractivity contribution is 0.726. The van der Waals surface area contributed by atoms with Gasteiger partial charge in [-0.3, -0.25) is 0 Å². The van der Waals surface area contributed by atoms with Crippen LogP contribution in [0.3, 0.4) is 0 Å². The molecule has 0 aliphatic carbocycles. The first-order chi connectivity index (χ1) is 11.2. The Morgan fingerprint density at radius 1 is 1.00 bits per heavy atom. The van der Waals surface area contributed by atoms with Crippen molar-refractivity contribution in [3.05, 3.63) is 41.7 Å². The van der Waals surface area contributed by atoms with Gasteiger partial charge in [0.05, 0.1) is 0 Å². The van der Waals surface area contributed by atoms with Gasteiger partial charge in [0.1, 0.15) is 17.5 Å². The van der Waals surface area contributed by atoms with Gasteiger partial charge in [0.15, 0.2) is 0 Å². The third-order valence-corrected chi connectivity index (χ3v) is 4.39. The number of aryl methyl sites for hydroxylation is 2. The molecule has 1 aromatic carbocycles. The van der Waals surface area contributed by atoms with Gasteiger partial charge in [0.2, 0.25) is 0 Å². The van der Waals surface area contributed by atoms with Crippen LogP contribution in [-0.4, -0.2) is 23.1 Å². The molecule has 4 heteroatoms. The van der Waals surface area contributed by atoms with Crippen LogP contribution in [0.2, 0.25) is 0 Å². The van der Waals surface area contributed by atoms with E-state index < -0.39 is 0 Å². The minimum atomic E-state index is 0.819. The third-order valence-electron chi connectivity index (χ3n) is 4.39. The van der Waals surface area contributed by atoms with Crippen molar-refractivity contribution in [2.75, 3.05) is 23.3 Å². The minimum absolute atomic E-state index is 0.819. The minimum Gasteiger partial charge on any atom is -0.356 e. The van der Waals surface area contributed by atoms with E-state index in [1.807, 2.05) is 6.92 Å². The number of nitrogens with zero attached hydrogens (tertiary/aromatic N) is 3. The fourth-order valence-electron chi connectivity index (χ4n) is 3.05. The number of rotatable bonds is 4.